The van der Waals surface area contributed by atoms with Crippen molar-refractivity contribution in [3.05, 3.63) is 87.8 Å². The largest absolute Gasteiger partial charge is 0.542 e. The lowest BCUT2D eigenvalue weighted by Gasteiger charge is -2.16. The second-order valence-electron chi connectivity index (χ2n) is 5.01. The van der Waals surface area contributed by atoms with E-state index >= 15 is 0 Å². The molecule has 0 saturated carbocycles. The minimum absolute atomic E-state index is 0.0695. The van der Waals surface area contributed by atoms with Crippen molar-refractivity contribution in [3.63, 3.8) is 0 Å². The monoisotopic (exact) mass is 281 g/mol. The van der Waals surface area contributed by atoms with E-state index in [-0.39, 0.29) is 5.92 Å². The molecule has 0 aliphatic carbocycles. The van der Waals surface area contributed by atoms with Crippen LogP contribution < -0.4 is 5.82 Å². The van der Waals surface area contributed by atoms with Gasteiger partial charge in [0.15, 0.2) is 0 Å². The van der Waals surface area contributed by atoms with E-state index in [9.17, 15) is 4.79 Å². The van der Waals surface area contributed by atoms with Crippen LogP contribution in [0.2, 0.25) is 0 Å². The van der Waals surface area contributed by atoms with Crippen LogP contribution in [-0.2, 0) is 6.42 Å². The van der Waals surface area contributed by atoms with E-state index in [0.717, 1.165) is 11.1 Å². The van der Waals surface area contributed by atoms with Gasteiger partial charge in [-0.2, -0.15) is 0 Å². The van der Waals surface area contributed by atoms with Crippen molar-refractivity contribution in [1.29, 1.82) is 0 Å². The maximum atomic E-state index is 11.0. The van der Waals surface area contributed by atoms with Gasteiger partial charge >= 0.3 is 5.82 Å². The maximum Gasteiger partial charge on any atom is 0.542 e. The third kappa shape index (κ3) is 3.11. The van der Waals surface area contributed by atoms with E-state index in [1.54, 1.807) is 0 Å². The van der Waals surface area contributed by atoms with Gasteiger partial charge in [-0.05, 0) is 23.2 Å². The van der Waals surface area contributed by atoms with Crippen molar-refractivity contribution in [3.8, 4) is 0 Å². The smallest absolute Gasteiger partial charge is 0.375 e. The minimum atomic E-state index is -0.763. The maximum absolute atomic E-state index is 11.0. The molecular formula is C17H15NO3. The lowest BCUT2D eigenvalue weighted by Crippen LogP contribution is -2.05. The van der Waals surface area contributed by atoms with Gasteiger partial charge in [0.2, 0.25) is 5.89 Å². The lowest BCUT2D eigenvalue weighted by molar-refractivity contribution is 0.334. The zero-order valence-electron chi connectivity index (χ0n) is 11.7. The number of aryl methyl sites for hydroxylation is 1. The van der Waals surface area contributed by atoms with E-state index in [4.69, 9.17) is 4.42 Å². The molecule has 1 atom stereocenters. The molecule has 1 aromatic heterocycles. The molecule has 1 unspecified atom stereocenters. The van der Waals surface area contributed by atoms with Crippen LogP contribution in [0.25, 0.3) is 0 Å². The molecule has 0 amide bonds. The Bertz CT molecular complexity index is 756. The molecule has 0 spiro atoms. The molecule has 0 aliphatic rings. The highest BCUT2D eigenvalue weighted by molar-refractivity contribution is 5.34. The number of benzene rings is 2. The molecule has 0 N–H and O–H groups in total. The first-order chi connectivity index (χ1) is 10.2. The van der Waals surface area contributed by atoms with Crippen LogP contribution in [0, 0.1) is 6.92 Å². The van der Waals surface area contributed by atoms with Crippen LogP contribution in [0.1, 0.15) is 28.5 Å². The van der Waals surface area contributed by atoms with Crippen LogP contribution in [0.5, 0.6) is 0 Å². The van der Waals surface area contributed by atoms with Crippen molar-refractivity contribution in [2.24, 2.45) is 0 Å². The highest BCUT2D eigenvalue weighted by Gasteiger charge is 2.18. The van der Waals surface area contributed by atoms with Crippen molar-refractivity contribution in [2.75, 3.05) is 0 Å². The topological polar surface area (TPSA) is 56.2 Å². The quantitative estimate of drug-likeness (QED) is 0.736. The predicted octanol–water partition coefficient (Wildman–Crippen LogP) is 3.31. The van der Waals surface area contributed by atoms with Crippen molar-refractivity contribution in [1.82, 2.24) is 5.16 Å². The third-order valence-electron chi connectivity index (χ3n) is 3.48. The number of aromatic nitrogens is 1. The summed E-state index contributed by atoms with van der Waals surface area (Å²) in [5.41, 5.74) is 3.50. The van der Waals surface area contributed by atoms with E-state index in [0.29, 0.717) is 12.3 Å². The van der Waals surface area contributed by atoms with Gasteiger partial charge in [-0.15, -0.1) is 0 Å². The fourth-order valence-corrected chi connectivity index (χ4v) is 2.39. The Hall–Kier alpha value is -2.62. The van der Waals surface area contributed by atoms with Crippen LogP contribution in [-0.4, -0.2) is 5.16 Å². The van der Waals surface area contributed by atoms with Gasteiger partial charge in [0.05, 0.1) is 0 Å². The van der Waals surface area contributed by atoms with Crippen LogP contribution in [0.3, 0.4) is 0 Å². The van der Waals surface area contributed by atoms with E-state index in [1.807, 2.05) is 18.2 Å². The summed E-state index contributed by atoms with van der Waals surface area (Å²) in [4.78, 5) is 11.0. The zero-order valence-corrected chi connectivity index (χ0v) is 11.7. The Balaban J connectivity index is 1.98. The highest BCUT2D eigenvalue weighted by atomic mass is 16.6. The van der Waals surface area contributed by atoms with E-state index in [1.165, 1.54) is 5.56 Å². The first-order valence-electron chi connectivity index (χ1n) is 6.79. The number of nitrogens with zero attached hydrogens (tertiary/aromatic N) is 1. The average Bonchev–Trinajstić information content (AvgIpc) is 2.92. The van der Waals surface area contributed by atoms with Crippen molar-refractivity contribution < 1.29 is 8.94 Å². The molecule has 106 valence electrons. The molecule has 3 rings (SSSR count). The Morgan fingerprint density at radius 2 is 1.67 bits per heavy atom. The first kappa shape index (κ1) is 13.4. The lowest BCUT2D eigenvalue weighted by atomic mass is 9.88. The molecule has 0 bridgehead atoms. The molecule has 1 heterocycles. The average molecular weight is 281 g/mol. The predicted molar refractivity (Wildman–Crippen MR) is 78.2 cm³/mol. The Morgan fingerprint density at radius 1 is 1.00 bits per heavy atom. The zero-order chi connectivity index (χ0) is 14.7. The number of rotatable bonds is 4. The summed E-state index contributed by atoms with van der Waals surface area (Å²) in [6.07, 6.45) is 0.485. The number of hydrogen-bond donors (Lipinski definition) is 0. The van der Waals surface area contributed by atoms with Gasteiger partial charge in [0.25, 0.3) is 0 Å². The summed E-state index contributed by atoms with van der Waals surface area (Å²) in [6, 6.07) is 18.4. The summed E-state index contributed by atoms with van der Waals surface area (Å²) < 4.78 is 9.43. The third-order valence-corrected chi connectivity index (χ3v) is 3.48. The van der Waals surface area contributed by atoms with Crippen molar-refractivity contribution >= 4 is 0 Å². The van der Waals surface area contributed by atoms with Gasteiger partial charge in [0.1, 0.15) is 0 Å². The van der Waals surface area contributed by atoms with Crippen LogP contribution in [0.15, 0.2) is 68.3 Å². The molecule has 2 aromatic carbocycles. The van der Waals surface area contributed by atoms with E-state index in [2.05, 4.69) is 53.0 Å². The molecule has 0 fully saturated rings. The SMILES string of the molecule is Cc1ccc(C(Cc2noc(=O)o2)c2ccccc2)cc1. The summed E-state index contributed by atoms with van der Waals surface area (Å²) in [7, 11) is 0. The molecule has 21 heavy (non-hydrogen) atoms. The van der Waals surface area contributed by atoms with Gasteiger partial charge in [0, 0.05) is 12.3 Å². The number of hydrogen-bond acceptors (Lipinski definition) is 4. The van der Waals surface area contributed by atoms with Gasteiger partial charge in [-0.1, -0.05) is 60.2 Å². The van der Waals surface area contributed by atoms with Gasteiger partial charge < -0.3 is 4.42 Å². The molecule has 0 saturated heterocycles. The standard InChI is InChI=1S/C17H15NO3/c1-12-7-9-14(10-8-12)15(13-5-3-2-4-6-13)11-16-18-21-17(19)20-16/h2-10,15H,11H2,1H3. The van der Waals surface area contributed by atoms with Crippen LogP contribution >= 0.6 is 0 Å². The van der Waals surface area contributed by atoms with Crippen molar-refractivity contribution in [2.45, 2.75) is 19.3 Å². The second-order valence-corrected chi connectivity index (χ2v) is 5.01. The molecule has 0 aliphatic heterocycles. The molecule has 4 heteroatoms. The summed E-state index contributed by atoms with van der Waals surface area (Å²) in [5.74, 6) is -0.379. The highest BCUT2D eigenvalue weighted by Crippen LogP contribution is 2.28. The van der Waals surface area contributed by atoms with E-state index < -0.39 is 5.82 Å². The van der Waals surface area contributed by atoms with Gasteiger partial charge in [-0.3, -0.25) is 4.52 Å². The fourth-order valence-electron chi connectivity index (χ4n) is 2.39. The minimum Gasteiger partial charge on any atom is -0.375 e. The van der Waals surface area contributed by atoms with Gasteiger partial charge in [-0.25, -0.2) is 4.79 Å². The molecule has 4 nitrogen and oxygen atoms in total. The Labute approximate surface area is 122 Å². The fraction of sp³-hybridized carbons (Fsp3) is 0.176. The first-order valence-corrected chi connectivity index (χ1v) is 6.79. The Morgan fingerprint density at radius 3 is 2.29 bits per heavy atom. The molecule has 0 radical (unpaired) electrons. The summed E-state index contributed by atoms with van der Waals surface area (Å²) in [5, 5.41) is 3.67. The summed E-state index contributed by atoms with van der Waals surface area (Å²) >= 11 is 0. The second kappa shape index (κ2) is 5.79. The summed E-state index contributed by atoms with van der Waals surface area (Å²) in [6.45, 7) is 2.05. The Kier molecular flexibility index (Phi) is 3.69. The molecular weight excluding hydrogens is 266 g/mol. The normalized spacial score (nSPS) is 12.2. The molecule has 3 aromatic rings. The van der Waals surface area contributed by atoms with Crippen LogP contribution in [0.4, 0.5) is 0 Å².